The number of likely N-dealkylation sites (N-methyl/N-ethyl adjacent to an activating group) is 1. The van der Waals surface area contributed by atoms with Crippen LogP contribution in [0.15, 0.2) is 18.6 Å². The van der Waals surface area contributed by atoms with Gasteiger partial charge in [-0.1, -0.05) is 11.6 Å². The molecule has 0 aliphatic heterocycles. The van der Waals surface area contributed by atoms with Gasteiger partial charge in [0.05, 0.1) is 11.8 Å². The van der Waals surface area contributed by atoms with Crippen molar-refractivity contribution >= 4 is 28.5 Å². The van der Waals surface area contributed by atoms with Gasteiger partial charge in [0.25, 0.3) is 0 Å². The predicted octanol–water partition coefficient (Wildman–Crippen LogP) is 1.17. The number of carbonyl (C=O) groups is 1. The number of pyridine rings is 1. The first kappa shape index (κ1) is 10.9. The van der Waals surface area contributed by atoms with Gasteiger partial charge in [-0.25, -0.2) is 9.97 Å². The maximum Gasteiger partial charge on any atom is 0.242 e. The summed E-state index contributed by atoms with van der Waals surface area (Å²) < 4.78 is 1.76. The van der Waals surface area contributed by atoms with E-state index in [4.69, 9.17) is 11.6 Å². The minimum absolute atomic E-state index is 0.00670. The van der Waals surface area contributed by atoms with Crippen LogP contribution >= 0.6 is 11.6 Å². The van der Waals surface area contributed by atoms with E-state index in [9.17, 15) is 4.79 Å². The average molecular weight is 239 g/mol. The lowest BCUT2D eigenvalue weighted by Gasteiger charge is -2.10. The number of aromatic nitrogens is 3. The highest BCUT2D eigenvalue weighted by atomic mass is 35.5. The Hall–Kier alpha value is -1.62. The molecule has 0 spiro atoms. The topological polar surface area (TPSA) is 51.0 Å². The first-order valence-electron chi connectivity index (χ1n) is 4.75. The van der Waals surface area contributed by atoms with Gasteiger partial charge in [-0.3, -0.25) is 4.79 Å². The lowest BCUT2D eigenvalue weighted by molar-refractivity contribution is -0.129. The molecule has 1 amide bonds. The van der Waals surface area contributed by atoms with Crippen LogP contribution < -0.4 is 0 Å². The van der Waals surface area contributed by atoms with Gasteiger partial charge in [0.1, 0.15) is 12.1 Å². The molecule has 0 radical (unpaired) electrons. The summed E-state index contributed by atoms with van der Waals surface area (Å²) >= 11 is 5.89. The molecule has 2 rings (SSSR count). The summed E-state index contributed by atoms with van der Waals surface area (Å²) in [5.41, 5.74) is 1.44. The highest BCUT2D eigenvalue weighted by Gasteiger charge is 2.10. The molecule has 0 saturated carbocycles. The van der Waals surface area contributed by atoms with E-state index in [0.29, 0.717) is 10.7 Å². The van der Waals surface area contributed by atoms with Crippen molar-refractivity contribution in [1.82, 2.24) is 19.4 Å². The van der Waals surface area contributed by atoms with Crippen molar-refractivity contribution in [2.45, 2.75) is 6.54 Å². The molecule has 0 unspecified atom stereocenters. The summed E-state index contributed by atoms with van der Waals surface area (Å²) in [6.45, 7) is 0.254. The lowest BCUT2D eigenvalue weighted by Crippen LogP contribution is -2.25. The zero-order valence-corrected chi connectivity index (χ0v) is 9.77. The van der Waals surface area contributed by atoms with Crippen molar-refractivity contribution in [3.05, 3.63) is 23.7 Å². The minimum atomic E-state index is 0.00670. The molecule has 2 heterocycles. The van der Waals surface area contributed by atoms with E-state index in [1.165, 1.54) is 4.90 Å². The zero-order valence-electron chi connectivity index (χ0n) is 9.01. The van der Waals surface area contributed by atoms with Crippen molar-refractivity contribution in [2.75, 3.05) is 14.1 Å². The second-order valence-electron chi connectivity index (χ2n) is 3.63. The number of nitrogens with zero attached hydrogens (tertiary/aromatic N) is 4. The Morgan fingerprint density at radius 2 is 2.25 bits per heavy atom. The van der Waals surface area contributed by atoms with E-state index in [0.717, 1.165) is 5.52 Å². The monoisotopic (exact) mass is 238 g/mol. The summed E-state index contributed by atoms with van der Waals surface area (Å²) in [7, 11) is 3.44. The van der Waals surface area contributed by atoms with E-state index in [2.05, 4.69) is 9.97 Å². The summed E-state index contributed by atoms with van der Waals surface area (Å²) in [6.07, 6.45) is 3.20. The van der Waals surface area contributed by atoms with Crippen molar-refractivity contribution < 1.29 is 4.79 Å². The molecule has 0 saturated heterocycles. The third kappa shape index (κ3) is 1.86. The molecular weight excluding hydrogens is 228 g/mol. The molecule has 0 fully saturated rings. The van der Waals surface area contributed by atoms with Gasteiger partial charge in [-0.15, -0.1) is 0 Å². The van der Waals surface area contributed by atoms with Crippen LogP contribution in [0, 0.1) is 0 Å². The molecule has 0 N–H and O–H groups in total. The first-order chi connectivity index (χ1) is 7.59. The van der Waals surface area contributed by atoms with Gasteiger partial charge < -0.3 is 9.47 Å². The van der Waals surface area contributed by atoms with E-state index in [1.807, 2.05) is 0 Å². The highest BCUT2D eigenvalue weighted by molar-refractivity contribution is 6.33. The number of hydrogen-bond acceptors (Lipinski definition) is 3. The number of amides is 1. The van der Waals surface area contributed by atoms with E-state index >= 15 is 0 Å². The van der Waals surface area contributed by atoms with Crippen LogP contribution in [-0.4, -0.2) is 39.4 Å². The Balaban J connectivity index is 2.39. The summed E-state index contributed by atoms with van der Waals surface area (Å²) in [5.74, 6) is 0.00670. The molecule has 0 atom stereocenters. The molecule has 2 aromatic rings. The molecule has 84 valence electrons. The minimum Gasteiger partial charge on any atom is -0.347 e. The van der Waals surface area contributed by atoms with Gasteiger partial charge in [-0.2, -0.15) is 0 Å². The average Bonchev–Trinajstić information content (AvgIpc) is 2.63. The van der Waals surface area contributed by atoms with Crippen molar-refractivity contribution in [3.63, 3.8) is 0 Å². The third-order valence-electron chi connectivity index (χ3n) is 2.30. The lowest BCUT2D eigenvalue weighted by atomic mass is 10.4. The van der Waals surface area contributed by atoms with Gasteiger partial charge in [0.2, 0.25) is 5.91 Å². The molecular formula is C10H11ClN4O. The molecule has 6 heteroatoms. The van der Waals surface area contributed by atoms with Crippen LogP contribution in [0.25, 0.3) is 11.0 Å². The predicted molar refractivity (Wildman–Crippen MR) is 61.2 cm³/mol. The van der Waals surface area contributed by atoms with Crippen LogP contribution in [0.3, 0.4) is 0 Å². The molecule has 0 aromatic carbocycles. The number of imidazole rings is 1. The smallest absolute Gasteiger partial charge is 0.242 e. The Kier molecular flexibility index (Phi) is 2.78. The summed E-state index contributed by atoms with van der Waals surface area (Å²) in [5, 5.41) is 0.355. The molecule has 0 bridgehead atoms. The fourth-order valence-electron chi connectivity index (χ4n) is 1.37. The first-order valence-corrected chi connectivity index (χ1v) is 5.13. The van der Waals surface area contributed by atoms with Crippen LogP contribution in [0.1, 0.15) is 0 Å². The van der Waals surface area contributed by atoms with E-state index in [-0.39, 0.29) is 12.5 Å². The Labute approximate surface area is 97.7 Å². The number of halogens is 1. The van der Waals surface area contributed by atoms with Crippen molar-refractivity contribution in [2.24, 2.45) is 0 Å². The van der Waals surface area contributed by atoms with Gasteiger partial charge in [0.15, 0.2) is 5.15 Å². The van der Waals surface area contributed by atoms with Crippen LogP contribution in [0.5, 0.6) is 0 Å². The normalized spacial score (nSPS) is 10.7. The van der Waals surface area contributed by atoms with Gasteiger partial charge >= 0.3 is 0 Å². The van der Waals surface area contributed by atoms with Crippen molar-refractivity contribution in [1.29, 1.82) is 0 Å². The number of carbonyl (C=O) groups excluding carboxylic acids is 1. The van der Waals surface area contributed by atoms with Gasteiger partial charge in [0, 0.05) is 20.3 Å². The number of hydrogen-bond donors (Lipinski definition) is 0. The summed E-state index contributed by atoms with van der Waals surface area (Å²) in [4.78, 5) is 21.2. The Bertz CT molecular complexity index is 535. The third-order valence-corrected chi connectivity index (χ3v) is 2.57. The summed E-state index contributed by atoms with van der Waals surface area (Å²) in [6, 6.07) is 1.79. The fourth-order valence-corrected chi connectivity index (χ4v) is 1.57. The molecule has 0 aliphatic rings. The van der Waals surface area contributed by atoms with Crippen LogP contribution in [0.2, 0.25) is 5.15 Å². The Morgan fingerprint density at radius 1 is 1.50 bits per heavy atom. The van der Waals surface area contributed by atoms with Gasteiger partial charge in [-0.05, 0) is 6.07 Å². The Morgan fingerprint density at radius 3 is 2.94 bits per heavy atom. The largest absolute Gasteiger partial charge is 0.347 e. The molecule has 0 aliphatic carbocycles. The quantitative estimate of drug-likeness (QED) is 0.738. The van der Waals surface area contributed by atoms with E-state index in [1.54, 1.807) is 37.3 Å². The van der Waals surface area contributed by atoms with Crippen LogP contribution in [0.4, 0.5) is 0 Å². The number of rotatable bonds is 2. The fraction of sp³-hybridized carbons (Fsp3) is 0.300. The van der Waals surface area contributed by atoms with Crippen LogP contribution in [-0.2, 0) is 11.3 Å². The maximum atomic E-state index is 11.6. The van der Waals surface area contributed by atoms with Crippen molar-refractivity contribution in [3.8, 4) is 0 Å². The maximum absolute atomic E-state index is 11.6. The molecule has 2 aromatic heterocycles. The van der Waals surface area contributed by atoms with E-state index < -0.39 is 0 Å². The SMILES string of the molecule is CN(C)C(=O)Cn1cnc2c(Cl)nccc21. The molecule has 16 heavy (non-hydrogen) atoms. The number of fused-ring (bicyclic) bond motifs is 1. The zero-order chi connectivity index (χ0) is 11.7. The molecule has 5 nitrogen and oxygen atoms in total. The second-order valence-corrected chi connectivity index (χ2v) is 3.99. The highest BCUT2D eigenvalue weighted by Crippen LogP contribution is 2.18. The standard InChI is InChI=1S/C10H11ClN4O/c1-14(2)8(16)5-15-6-13-9-7(15)3-4-12-10(9)11/h3-4,6H,5H2,1-2H3. The second kappa shape index (κ2) is 4.09.